The van der Waals surface area contributed by atoms with E-state index in [-0.39, 0.29) is 22.3 Å². The summed E-state index contributed by atoms with van der Waals surface area (Å²) in [7, 11) is 0. The lowest BCUT2D eigenvalue weighted by atomic mass is 9.63. The Morgan fingerprint density at radius 3 is 2.12 bits per heavy atom. The smallest absolute Gasteiger partial charge is 0.504 e. The van der Waals surface area contributed by atoms with Gasteiger partial charge in [0.05, 0.1) is 6.61 Å². The molecule has 6 nitrogen and oxygen atoms in total. The van der Waals surface area contributed by atoms with E-state index in [9.17, 15) is 9.90 Å². The SMILES string of the molecule is CC(C)NCCCCOc1ccc(-c2ccc(OC(=O)O)c(O)c2)cc1-c1ccc2c(c1)C(C)(C)CCC2(C)C. The van der Waals surface area contributed by atoms with Gasteiger partial charge in [-0.15, -0.1) is 0 Å². The number of carboxylic acid groups (broad SMARTS) is 1. The van der Waals surface area contributed by atoms with Crippen LogP contribution < -0.4 is 14.8 Å². The number of fused-ring (bicyclic) bond motifs is 1. The fraction of sp³-hybridized carbons (Fsp3) is 0.441. The summed E-state index contributed by atoms with van der Waals surface area (Å²) in [6.45, 7) is 15.2. The highest BCUT2D eigenvalue weighted by atomic mass is 16.7. The lowest BCUT2D eigenvalue weighted by molar-refractivity contribution is 0.143. The highest BCUT2D eigenvalue weighted by Gasteiger charge is 2.37. The lowest BCUT2D eigenvalue weighted by Crippen LogP contribution is -2.33. The maximum Gasteiger partial charge on any atom is 0.511 e. The lowest BCUT2D eigenvalue weighted by Gasteiger charge is -2.42. The topological polar surface area (TPSA) is 88.0 Å². The van der Waals surface area contributed by atoms with Gasteiger partial charge in [0.15, 0.2) is 11.5 Å². The van der Waals surface area contributed by atoms with Gasteiger partial charge in [0.1, 0.15) is 5.75 Å². The van der Waals surface area contributed by atoms with Crippen LogP contribution in [0.2, 0.25) is 0 Å². The van der Waals surface area contributed by atoms with Gasteiger partial charge in [0, 0.05) is 11.6 Å². The van der Waals surface area contributed by atoms with Crippen molar-refractivity contribution >= 4 is 6.16 Å². The molecule has 0 unspecified atom stereocenters. The predicted molar refractivity (Wildman–Crippen MR) is 161 cm³/mol. The van der Waals surface area contributed by atoms with Crippen molar-refractivity contribution in [2.45, 2.75) is 84.1 Å². The Balaban J connectivity index is 1.71. The molecule has 6 heteroatoms. The number of ether oxygens (including phenoxy) is 2. The summed E-state index contributed by atoms with van der Waals surface area (Å²) in [4.78, 5) is 10.9. The molecular weight excluding hydrogens is 502 g/mol. The summed E-state index contributed by atoms with van der Waals surface area (Å²) in [5.74, 6) is 0.501. The minimum absolute atomic E-state index is 0.0780. The molecule has 0 heterocycles. The minimum Gasteiger partial charge on any atom is -0.504 e. The van der Waals surface area contributed by atoms with Crippen LogP contribution in [0.3, 0.4) is 0 Å². The van der Waals surface area contributed by atoms with Crippen molar-refractivity contribution in [2.24, 2.45) is 0 Å². The first-order valence-electron chi connectivity index (χ1n) is 14.3. The van der Waals surface area contributed by atoms with E-state index in [0.29, 0.717) is 12.6 Å². The molecule has 0 aromatic heterocycles. The molecule has 0 bridgehead atoms. The predicted octanol–water partition coefficient (Wildman–Crippen LogP) is 8.29. The zero-order valence-corrected chi connectivity index (χ0v) is 24.6. The second-order valence-corrected chi connectivity index (χ2v) is 12.5. The minimum atomic E-state index is -1.47. The van der Waals surface area contributed by atoms with E-state index in [2.05, 4.69) is 75.9 Å². The van der Waals surface area contributed by atoms with Gasteiger partial charge in [-0.05, 0) is 95.1 Å². The average Bonchev–Trinajstić information content (AvgIpc) is 2.89. The molecule has 3 aromatic carbocycles. The van der Waals surface area contributed by atoms with E-state index in [1.807, 2.05) is 12.1 Å². The molecule has 40 heavy (non-hydrogen) atoms. The van der Waals surface area contributed by atoms with E-state index < -0.39 is 6.16 Å². The normalized spacial score (nSPS) is 15.5. The highest BCUT2D eigenvalue weighted by Crippen LogP contribution is 2.47. The summed E-state index contributed by atoms with van der Waals surface area (Å²) in [5, 5.41) is 22.8. The first-order chi connectivity index (χ1) is 18.9. The molecule has 0 fully saturated rings. The third-order valence-corrected chi connectivity index (χ3v) is 8.01. The number of nitrogens with one attached hydrogen (secondary N) is 1. The van der Waals surface area contributed by atoms with Crippen molar-refractivity contribution in [2.75, 3.05) is 13.2 Å². The molecule has 3 N–H and O–H groups in total. The number of hydrogen-bond acceptors (Lipinski definition) is 5. The molecule has 0 amide bonds. The molecular formula is C34H43NO5. The van der Waals surface area contributed by atoms with Gasteiger partial charge in [-0.1, -0.05) is 71.9 Å². The first kappa shape index (κ1) is 29.5. The number of hydrogen-bond donors (Lipinski definition) is 3. The van der Waals surface area contributed by atoms with Crippen LogP contribution in [0.5, 0.6) is 17.2 Å². The number of carbonyl (C=O) groups is 1. The van der Waals surface area contributed by atoms with Crippen LogP contribution in [-0.2, 0) is 10.8 Å². The van der Waals surface area contributed by atoms with E-state index in [1.54, 1.807) is 6.07 Å². The van der Waals surface area contributed by atoms with Gasteiger partial charge in [-0.25, -0.2) is 4.79 Å². The molecule has 0 spiro atoms. The van der Waals surface area contributed by atoms with Gasteiger partial charge in [0.25, 0.3) is 0 Å². The largest absolute Gasteiger partial charge is 0.511 e. The quantitative estimate of drug-likeness (QED) is 0.135. The van der Waals surface area contributed by atoms with Gasteiger partial charge < -0.3 is 25.0 Å². The first-order valence-corrected chi connectivity index (χ1v) is 14.3. The maximum absolute atomic E-state index is 10.9. The van der Waals surface area contributed by atoms with Crippen molar-refractivity contribution in [1.29, 1.82) is 0 Å². The fourth-order valence-electron chi connectivity index (χ4n) is 5.49. The average molecular weight is 546 g/mol. The van der Waals surface area contributed by atoms with Crippen LogP contribution in [0.1, 0.15) is 78.4 Å². The van der Waals surface area contributed by atoms with E-state index in [1.165, 1.54) is 23.3 Å². The number of phenolic OH excluding ortho intramolecular Hbond substituents is 1. The Kier molecular flexibility index (Phi) is 8.79. The Labute approximate surface area is 238 Å². The Morgan fingerprint density at radius 1 is 0.850 bits per heavy atom. The zero-order chi connectivity index (χ0) is 29.1. The van der Waals surface area contributed by atoms with E-state index >= 15 is 0 Å². The zero-order valence-electron chi connectivity index (χ0n) is 24.6. The molecule has 0 aliphatic heterocycles. The number of rotatable bonds is 10. The monoisotopic (exact) mass is 545 g/mol. The van der Waals surface area contributed by atoms with Crippen LogP contribution in [-0.4, -0.2) is 35.6 Å². The van der Waals surface area contributed by atoms with E-state index in [4.69, 9.17) is 9.84 Å². The Morgan fingerprint density at radius 2 is 1.48 bits per heavy atom. The standard InChI is InChI=1S/C34H43NO5/c1-22(2)35-17-7-8-18-39-30-13-10-23(24-11-14-31(29(36)21-24)40-32(37)38)19-26(30)25-9-12-27-28(20-25)34(5,6)16-15-33(27,3)4/h9-14,19-22,35-36H,7-8,15-18H2,1-6H3,(H,37,38). The van der Waals surface area contributed by atoms with Gasteiger partial charge in [0.2, 0.25) is 0 Å². The highest BCUT2D eigenvalue weighted by molar-refractivity contribution is 5.79. The van der Waals surface area contributed by atoms with Crippen molar-refractivity contribution in [1.82, 2.24) is 5.32 Å². The second-order valence-electron chi connectivity index (χ2n) is 12.5. The number of unbranched alkanes of at least 4 members (excludes halogenated alkanes) is 1. The molecule has 4 rings (SSSR count). The summed E-state index contributed by atoms with van der Waals surface area (Å²) < 4.78 is 11.0. The second kappa shape index (κ2) is 11.9. The maximum atomic E-state index is 10.9. The number of aromatic hydroxyl groups is 1. The third-order valence-electron chi connectivity index (χ3n) is 8.01. The summed E-state index contributed by atoms with van der Waals surface area (Å²) >= 11 is 0. The summed E-state index contributed by atoms with van der Waals surface area (Å²) in [6, 6.07) is 18.1. The number of benzene rings is 3. The Hall–Kier alpha value is -3.51. The van der Waals surface area contributed by atoms with Crippen LogP contribution in [0.25, 0.3) is 22.3 Å². The Bertz CT molecular complexity index is 1360. The van der Waals surface area contributed by atoms with Crippen molar-refractivity contribution in [3.05, 3.63) is 65.7 Å². The summed E-state index contributed by atoms with van der Waals surface area (Å²) in [5.41, 5.74) is 6.72. The molecule has 1 aliphatic rings. The van der Waals surface area contributed by atoms with Crippen molar-refractivity contribution in [3.8, 4) is 39.5 Å². The van der Waals surface area contributed by atoms with Crippen molar-refractivity contribution < 1.29 is 24.5 Å². The van der Waals surface area contributed by atoms with Gasteiger partial charge in [-0.2, -0.15) is 0 Å². The molecule has 0 saturated heterocycles. The van der Waals surface area contributed by atoms with E-state index in [0.717, 1.165) is 60.2 Å². The summed E-state index contributed by atoms with van der Waals surface area (Å²) in [6.07, 6.45) is 2.81. The van der Waals surface area contributed by atoms with Gasteiger partial charge >= 0.3 is 6.16 Å². The molecule has 0 radical (unpaired) electrons. The molecule has 214 valence electrons. The molecule has 1 aliphatic carbocycles. The van der Waals surface area contributed by atoms with Crippen LogP contribution in [0.15, 0.2) is 54.6 Å². The molecule has 0 saturated carbocycles. The van der Waals surface area contributed by atoms with Gasteiger partial charge in [-0.3, -0.25) is 0 Å². The number of phenols is 1. The van der Waals surface area contributed by atoms with Crippen LogP contribution >= 0.6 is 0 Å². The van der Waals surface area contributed by atoms with Crippen molar-refractivity contribution in [3.63, 3.8) is 0 Å². The van der Waals surface area contributed by atoms with Crippen LogP contribution in [0, 0.1) is 0 Å². The third kappa shape index (κ3) is 6.79. The molecule has 3 aromatic rings. The van der Waals surface area contributed by atoms with Crippen LogP contribution in [0.4, 0.5) is 4.79 Å². The molecule has 0 atom stereocenters. The fourth-order valence-corrected chi connectivity index (χ4v) is 5.49.